The molecule has 2 aromatic carbocycles. The van der Waals surface area contributed by atoms with Crippen molar-refractivity contribution in [1.29, 1.82) is 0 Å². The lowest BCUT2D eigenvalue weighted by Gasteiger charge is -2.07. The number of benzene rings is 2. The van der Waals surface area contributed by atoms with Crippen molar-refractivity contribution in [3.8, 4) is 11.1 Å². The van der Waals surface area contributed by atoms with E-state index in [1.165, 1.54) is 17.2 Å². The number of nitrogens with two attached hydrogens (primary N) is 1. The van der Waals surface area contributed by atoms with E-state index in [0.29, 0.717) is 0 Å². The molecule has 2 aromatic rings. The number of aryl methyl sites for hydroxylation is 1. The first-order valence-electron chi connectivity index (χ1n) is 5.88. The monoisotopic (exact) mass is 227 g/mol. The Hall–Kier alpha value is -1.67. The van der Waals surface area contributed by atoms with Gasteiger partial charge in [-0.3, -0.25) is 0 Å². The van der Waals surface area contributed by atoms with Gasteiger partial charge in [-0.1, -0.05) is 30.3 Å². The molecule has 1 aliphatic rings. The molecule has 0 spiro atoms. The van der Waals surface area contributed by atoms with Crippen molar-refractivity contribution in [3.05, 3.63) is 59.4 Å². The van der Waals surface area contributed by atoms with Crippen LogP contribution in [0.15, 0.2) is 42.5 Å². The smallest absolute Gasteiger partial charge is 0.123 e. The van der Waals surface area contributed by atoms with Crippen molar-refractivity contribution in [2.45, 2.75) is 18.9 Å². The summed E-state index contributed by atoms with van der Waals surface area (Å²) in [4.78, 5) is 0. The van der Waals surface area contributed by atoms with E-state index in [0.717, 1.165) is 24.0 Å². The van der Waals surface area contributed by atoms with Crippen LogP contribution in [0.2, 0.25) is 0 Å². The average Bonchev–Trinajstić information content (AvgIpc) is 2.71. The fourth-order valence-corrected chi connectivity index (χ4v) is 2.50. The Kier molecular flexibility index (Phi) is 2.45. The first kappa shape index (κ1) is 10.5. The minimum atomic E-state index is -0.195. The van der Waals surface area contributed by atoms with E-state index in [2.05, 4.69) is 12.1 Å². The summed E-state index contributed by atoms with van der Waals surface area (Å²) in [5.74, 6) is -0.195. The van der Waals surface area contributed by atoms with Gasteiger partial charge in [-0.05, 0) is 47.2 Å². The minimum Gasteiger partial charge on any atom is -0.324 e. The maximum atomic E-state index is 13.2. The summed E-state index contributed by atoms with van der Waals surface area (Å²) in [5, 5.41) is 0. The third-order valence-electron chi connectivity index (χ3n) is 3.43. The minimum absolute atomic E-state index is 0.173. The molecule has 0 radical (unpaired) electrons. The Morgan fingerprint density at radius 2 is 1.88 bits per heavy atom. The summed E-state index contributed by atoms with van der Waals surface area (Å²) in [5.41, 5.74) is 10.5. The average molecular weight is 227 g/mol. The van der Waals surface area contributed by atoms with E-state index in [9.17, 15) is 4.39 Å². The maximum absolute atomic E-state index is 13.2. The molecule has 1 atom stereocenters. The van der Waals surface area contributed by atoms with Crippen LogP contribution >= 0.6 is 0 Å². The van der Waals surface area contributed by atoms with Gasteiger partial charge < -0.3 is 5.73 Å². The summed E-state index contributed by atoms with van der Waals surface area (Å²) < 4.78 is 13.2. The van der Waals surface area contributed by atoms with Gasteiger partial charge in [0.15, 0.2) is 0 Å². The van der Waals surface area contributed by atoms with Gasteiger partial charge in [-0.2, -0.15) is 0 Å². The standard InChI is InChI=1S/C15H14FN/c16-13-3-1-2-10(9-13)11-4-6-14-12(8-11)5-7-15(14)17/h1-4,6,8-9,15H,5,7,17H2. The number of halogens is 1. The molecule has 0 saturated heterocycles. The highest BCUT2D eigenvalue weighted by Crippen LogP contribution is 2.32. The molecule has 0 fully saturated rings. The molecule has 86 valence electrons. The number of fused-ring (bicyclic) bond motifs is 1. The summed E-state index contributed by atoms with van der Waals surface area (Å²) >= 11 is 0. The summed E-state index contributed by atoms with van der Waals surface area (Å²) in [6, 6.07) is 13.1. The third-order valence-corrected chi connectivity index (χ3v) is 3.43. The highest BCUT2D eigenvalue weighted by Gasteiger charge is 2.18. The van der Waals surface area contributed by atoms with Gasteiger partial charge in [0.2, 0.25) is 0 Å². The zero-order valence-electron chi connectivity index (χ0n) is 9.49. The fourth-order valence-electron chi connectivity index (χ4n) is 2.50. The Balaban J connectivity index is 2.06. The van der Waals surface area contributed by atoms with Crippen molar-refractivity contribution in [2.24, 2.45) is 5.73 Å². The molecular formula is C15H14FN. The first-order valence-corrected chi connectivity index (χ1v) is 5.88. The molecule has 0 bridgehead atoms. The zero-order chi connectivity index (χ0) is 11.8. The van der Waals surface area contributed by atoms with Crippen LogP contribution in [0.4, 0.5) is 4.39 Å². The Labute approximate surface area is 100 Å². The molecule has 0 aliphatic heterocycles. The van der Waals surface area contributed by atoms with Crippen molar-refractivity contribution in [1.82, 2.24) is 0 Å². The van der Waals surface area contributed by atoms with Crippen molar-refractivity contribution >= 4 is 0 Å². The normalized spacial score (nSPS) is 18.1. The summed E-state index contributed by atoms with van der Waals surface area (Å²) in [6.07, 6.45) is 2.04. The fraction of sp³-hybridized carbons (Fsp3) is 0.200. The van der Waals surface area contributed by atoms with E-state index >= 15 is 0 Å². The molecule has 1 aliphatic carbocycles. The lowest BCUT2D eigenvalue weighted by atomic mass is 10.00. The third kappa shape index (κ3) is 1.85. The van der Waals surface area contributed by atoms with Crippen molar-refractivity contribution in [2.75, 3.05) is 0 Å². The Morgan fingerprint density at radius 1 is 1.06 bits per heavy atom. The second-order valence-electron chi connectivity index (χ2n) is 4.57. The zero-order valence-corrected chi connectivity index (χ0v) is 9.49. The topological polar surface area (TPSA) is 26.0 Å². The van der Waals surface area contributed by atoms with Gasteiger partial charge in [0.1, 0.15) is 5.82 Å². The van der Waals surface area contributed by atoms with E-state index in [1.807, 2.05) is 12.1 Å². The van der Waals surface area contributed by atoms with Gasteiger partial charge in [-0.25, -0.2) is 4.39 Å². The predicted octanol–water partition coefficient (Wildman–Crippen LogP) is 3.44. The molecule has 2 heteroatoms. The largest absolute Gasteiger partial charge is 0.324 e. The van der Waals surface area contributed by atoms with Crippen LogP contribution in [-0.2, 0) is 6.42 Å². The number of rotatable bonds is 1. The first-order chi connectivity index (χ1) is 8.24. The SMILES string of the molecule is NC1CCc2cc(-c3cccc(F)c3)ccc21. The molecular weight excluding hydrogens is 213 g/mol. The van der Waals surface area contributed by atoms with Crippen LogP contribution in [0.1, 0.15) is 23.6 Å². The summed E-state index contributed by atoms with van der Waals surface area (Å²) in [7, 11) is 0. The molecule has 2 N–H and O–H groups in total. The molecule has 17 heavy (non-hydrogen) atoms. The molecule has 0 saturated carbocycles. The predicted molar refractivity (Wildman–Crippen MR) is 67.1 cm³/mol. The van der Waals surface area contributed by atoms with Crippen LogP contribution in [0.25, 0.3) is 11.1 Å². The Morgan fingerprint density at radius 3 is 2.71 bits per heavy atom. The highest BCUT2D eigenvalue weighted by atomic mass is 19.1. The van der Waals surface area contributed by atoms with Crippen molar-refractivity contribution in [3.63, 3.8) is 0 Å². The molecule has 3 rings (SSSR count). The van der Waals surface area contributed by atoms with Gasteiger partial charge in [0.25, 0.3) is 0 Å². The maximum Gasteiger partial charge on any atom is 0.123 e. The molecule has 0 heterocycles. The van der Waals surface area contributed by atoms with Crippen LogP contribution < -0.4 is 5.73 Å². The highest BCUT2D eigenvalue weighted by molar-refractivity contribution is 5.65. The lowest BCUT2D eigenvalue weighted by molar-refractivity contribution is 0.628. The van der Waals surface area contributed by atoms with Crippen LogP contribution in [0, 0.1) is 5.82 Å². The van der Waals surface area contributed by atoms with Gasteiger partial charge in [0.05, 0.1) is 0 Å². The molecule has 1 unspecified atom stereocenters. The van der Waals surface area contributed by atoms with E-state index in [4.69, 9.17) is 5.73 Å². The number of hydrogen-bond donors (Lipinski definition) is 1. The van der Waals surface area contributed by atoms with Gasteiger partial charge in [-0.15, -0.1) is 0 Å². The van der Waals surface area contributed by atoms with Crippen LogP contribution in [-0.4, -0.2) is 0 Å². The van der Waals surface area contributed by atoms with E-state index < -0.39 is 0 Å². The quantitative estimate of drug-likeness (QED) is 0.793. The van der Waals surface area contributed by atoms with E-state index in [1.54, 1.807) is 12.1 Å². The van der Waals surface area contributed by atoms with Crippen LogP contribution in [0.5, 0.6) is 0 Å². The van der Waals surface area contributed by atoms with Gasteiger partial charge in [0, 0.05) is 6.04 Å². The van der Waals surface area contributed by atoms with Crippen molar-refractivity contribution < 1.29 is 4.39 Å². The number of hydrogen-bond acceptors (Lipinski definition) is 1. The molecule has 0 amide bonds. The van der Waals surface area contributed by atoms with Gasteiger partial charge >= 0.3 is 0 Å². The van der Waals surface area contributed by atoms with E-state index in [-0.39, 0.29) is 11.9 Å². The molecule has 1 nitrogen and oxygen atoms in total. The molecule has 0 aromatic heterocycles. The Bertz CT molecular complexity index is 563. The second kappa shape index (κ2) is 3.97. The lowest BCUT2D eigenvalue weighted by Crippen LogP contribution is -2.04. The summed E-state index contributed by atoms with van der Waals surface area (Å²) in [6.45, 7) is 0. The second-order valence-corrected chi connectivity index (χ2v) is 4.57. The van der Waals surface area contributed by atoms with Crippen LogP contribution in [0.3, 0.4) is 0 Å².